The third-order valence-corrected chi connectivity index (χ3v) is 3.76. The fourth-order valence-electron chi connectivity index (χ4n) is 2.39. The van der Waals surface area contributed by atoms with Crippen LogP contribution in [0.2, 0.25) is 0 Å². The van der Waals surface area contributed by atoms with Crippen molar-refractivity contribution in [1.29, 1.82) is 0 Å². The molecule has 2 N–H and O–H groups in total. The summed E-state index contributed by atoms with van der Waals surface area (Å²) in [5.41, 5.74) is 1.23. The molecule has 0 aromatic heterocycles. The normalized spacial score (nSPS) is 11.6. The van der Waals surface area contributed by atoms with Crippen molar-refractivity contribution in [1.82, 2.24) is 5.32 Å². The zero-order valence-electron chi connectivity index (χ0n) is 14.7. The van der Waals surface area contributed by atoms with Gasteiger partial charge in [-0.05, 0) is 29.8 Å². The Labute approximate surface area is 152 Å². The quantitative estimate of drug-likeness (QED) is 0.638. The average molecular weight is 357 g/mol. The van der Waals surface area contributed by atoms with E-state index in [0.717, 1.165) is 12.0 Å². The van der Waals surface area contributed by atoms with Gasteiger partial charge >= 0.3 is 5.97 Å². The highest BCUT2D eigenvalue weighted by Crippen LogP contribution is 2.13. The summed E-state index contributed by atoms with van der Waals surface area (Å²) in [6.07, 6.45) is 1.00. The van der Waals surface area contributed by atoms with E-state index in [1.807, 2.05) is 30.3 Å². The van der Waals surface area contributed by atoms with Crippen LogP contribution >= 0.6 is 0 Å². The van der Waals surface area contributed by atoms with Crippen molar-refractivity contribution in [3.63, 3.8) is 0 Å². The molecule has 0 heterocycles. The molecule has 2 rings (SSSR count). The topological polar surface area (TPSA) is 84.9 Å². The number of carboxylic acids is 1. The molecule has 26 heavy (non-hydrogen) atoms. The van der Waals surface area contributed by atoms with Gasteiger partial charge in [0.2, 0.25) is 0 Å². The van der Waals surface area contributed by atoms with E-state index in [1.165, 1.54) is 0 Å². The number of carbonyl (C=O) groups is 2. The number of nitrogens with one attached hydrogen (secondary N) is 1. The van der Waals surface area contributed by atoms with E-state index in [9.17, 15) is 14.7 Å². The second-order valence-electron chi connectivity index (χ2n) is 5.77. The van der Waals surface area contributed by atoms with Gasteiger partial charge in [-0.1, -0.05) is 30.3 Å². The lowest BCUT2D eigenvalue weighted by Gasteiger charge is -2.15. The first-order chi connectivity index (χ1) is 12.6. The summed E-state index contributed by atoms with van der Waals surface area (Å²) >= 11 is 0. The Kier molecular flexibility index (Phi) is 7.64. The van der Waals surface area contributed by atoms with Gasteiger partial charge in [0.1, 0.15) is 11.8 Å². The van der Waals surface area contributed by atoms with Gasteiger partial charge in [-0.3, -0.25) is 4.79 Å². The molecule has 2 aromatic carbocycles. The molecular weight excluding hydrogens is 334 g/mol. The van der Waals surface area contributed by atoms with E-state index < -0.39 is 17.9 Å². The fourth-order valence-corrected chi connectivity index (χ4v) is 2.39. The Morgan fingerprint density at radius 1 is 1.04 bits per heavy atom. The second kappa shape index (κ2) is 10.2. The minimum Gasteiger partial charge on any atom is -0.494 e. The summed E-state index contributed by atoms with van der Waals surface area (Å²) in [6, 6.07) is 14.8. The molecule has 0 bridgehead atoms. The van der Waals surface area contributed by atoms with Crippen LogP contribution in [0.15, 0.2) is 54.6 Å². The maximum absolute atomic E-state index is 12.3. The number of hydrogen-bond acceptors (Lipinski definition) is 4. The molecule has 6 nitrogen and oxygen atoms in total. The summed E-state index contributed by atoms with van der Waals surface area (Å²) in [5.74, 6) is -0.851. The zero-order valence-corrected chi connectivity index (χ0v) is 14.7. The highest BCUT2D eigenvalue weighted by Gasteiger charge is 2.21. The summed E-state index contributed by atoms with van der Waals surface area (Å²) in [7, 11) is 1.63. The first kappa shape index (κ1) is 19.5. The SMILES string of the molecule is COCCCOc1ccc(C(=O)N[C@@H](Cc2ccccc2)C(=O)O)cc1. The summed E-state index contributed by atoms with van der Waals surface area (Å²) in [5, 5.41) is 11.9. The van der Waals surface area contributed by atoms with E-state index in [0.29, 0.717) is 24.5 Å². The van der Waals surface area contributed by atoms with Crippen molar-refractivity contribution < 1.29 is 24.2 Å². The molecule has 0 aliphatic heterocycles. The van der Waals surface area contributed by atoms with Crippen LogP contribution in [-0.2, 0) is 16.0 Å². The van der Waals surface area contributed by atoms with E-state index in [4.69, 9.17) is 9.47 Å². The number of methoxy groups -OCH3 is 1. The Hall–Kier alpha value is -2.86. The monoisotopic (exact) mass is 357 g/mol. The van der Waals surface area contributed by atoms with Crippen molar-refractivity contribution in [2.24, 2.45) is 0 Å². The first-order valence-electron chi connectivity index (χ1n) is 8.39. The Morgan fingerprint density at radius 3 is 2.35 bits per heavy atom. The predicted octanol–water partition coefficient (Wildman–Crippen LogP) is 2.53. The van der Waals surface area contributed by atoms with Crippen LogP contribution in [0.4, 0.5) is 0 Å². The molecule has 0 spiro atoms. The lowest BCUT2D eigenvalue weighted by Crippen LogP contribution is -2.42. The number of ether oxygens (including phenoxy) is 2. The van der Waals surface area contributed by atoms with Crippen LogP contribution in [0.5, 0.6) is 5.75 Å². The molecular formula is C20H23NO5. The van der Waals surface area contributed by atoms with Crippen LogP contribution in [0.25, 0.3) is 0 Å². The molecule has 0 fully saturated rings. The van der Waals surface area contributed by atoms with Gasteiger partial charge < -0.3 is 19.9 Å². The van der Waals surface area contributed by atoms with E-state index >= 15 is 0 Å². The van der Waals surface area contributed by atoms with Gasteiger partial charge in [0.25, 0.3) is 5.91 Å². The molecule has 0 saturated heterocycles. The lowest BCUT2D eigenvalue weighted by atomic mass is 10.1. The molecule has 0 aliphatic carbocycles. The van der Waals surface area contributed by atoms with Gasteiger partial charge in [-0.2, -0.15) is 0 Å². The average Bonchev–Trinajstić information content (AvgIpc) is 2.66. The van der Waals surface area contributed by atoms with Crippen molar-refractivity contribution >= 4 is 11.9 Å². The van der Waals surface area contributed by atoms with Crippen molar-refractivity contribution in [2.75, 3.05) is 20.3 Å². The smallest absolute Gasteiger partial charge is 0.326 e. The molecule has 138 valence electrons. The summed E-state index contributed by atoms with van der Waals surface area (Å²) in [4.78, 5) is 23.8. The Morgan fingerprint density at radius 2 is 1.73 bits per heavy atom. The minimum absolute atomic E-state index is 0.225. The van der Waals surface area contributed by atoms with Crippen LogP contribution in [0, 0.1) is 0 Å². The predicted molar refractivity (Wildman–Crippen MR) is 97.5 cm³/mol. The molecule has 0 unspecified atom stereocenters. The molecule has 2 aromatic rings. The summed E-state index contributed by atoms with van der Waals surface area (Å²) < 4.78 is 10.5. The third-order valence-electron chi connectivity index (χ3n) is 3.76. The van der Waals surface area contributed by atoms with Gasteiger partial charge in [-0.15, -0.1) is 0 Å². The van der Waals surface area contributed by atoms with Gasteiger partial charge in [0.05, 0.1) is 6.61 Å². The molecule has 0 saturated carbocycles. The van der Waals surface area contributed by atoms with Gasteiger partial charge in [0, 0.05) is 32.1 Å². The number of amides is 1. The first-order valence-corrected chi connectivity index (χ1v) is 8.39. The second-order valence-corrected chi connectivity index (χ2v) is 5.77. The number of carboxylic acid groups (broad SMARTS) is 1. The van der Waals surface area contributed by atoms with Crippen LogP contribution in [-0.4, -0.2) is 43.3 Å². The van der Waals surface area contributed by atoms with Crippen LogP contribution in [0.3, 0.4) is 0 Å². The van der Waals surface area contributed by atoms with Crippen LogP contribution < -0.4 is 10.1 Å². The molecule has 1 atom stereocenters. The largest absolute Gasteiger partial charge is 0.494 e. The van der Waals surface area contributed by atoms with Gasteiger partial charge in [-0.25, -0.2) is 4.79 Å². The van der Waals surface area contributed by atoms with Crippen LogP contribution in [0.1, 0.15) is 22.3 Å². The number of hydrogen-bond donors (Lipinski definition) is 2. The van der Waals surface area contributed by atoms with E-state index in [1.54, 1.807) is 31.4 Å². The molecule has 0 aliphatic rings. The maximum atomic E-state index is 12.3. The number of rotatable bonds is 10. The highest BCUT2D eigenvalue weighted by molar-refractivity contribution is 5.96. The molecule has 0 radical (unpaired) electrons. The maximum Gasteiger partial charge on any atom is 0.326 e. The minimum atomic E-state index is -1.07. The molecule has 1 amide bonds. The number of benzene rings is 2. The standard InChI is InChI=1S/C20H23NO5/c1-25-12-5-13-26-17-10-8-16(9-11-17)19(22)21-18(20(23)24)14-15-6-3-2-4-7-15/h2-4,6-11,18H,5,12-14H2,1H3,(H,21,22)(H,23,24)/t18-/m0/s1. The fraction of sp³-hybridized carbons (Fsp3) is 0.300. The Bertz CT molecular complexity index is 700. The zero-order chi connectivity index (χ0) is 18.8. The van der Waals surface area contributed by atoms with Crippen molar-refractivity contribution in [3.05, 3.63) is 65.7 Å². The Balaban J connectivity index is 1.93. The third kappa shape index (κ3) is 6.22. The lowest BCUT2D eigenvalue weighted by molar-refractivity contribution is -0.139. The van der Waals surface area contributed by atoms with Gasteiger partial charge in [0.15, 0.2) is 0 Å². The molecule has 6 heteroatoms. The van der Waals surface area contributed by atoms with Crippen molar-refractivity contribution in [3.8, 4) is 5.75 Å². The summed E-state index contributed by atoms with van der Waals surface area (Å²) in [6.45, 7) is 1.15. The van der Waals surface area contributed by atoms with E-state index in [-0.39, 0.29) is 6.42 Å². The highest BCUT2D eigenvalue weighted by atomic mass is 16.5. The van der Waals surface area contributed by atoms with E-state index in [2.05, 4.69) is 5.32 Å². The van der Waals surface area contributed by atoms with Crippen molar-refractivity contribution in [2.45, 2.75) is 18.9 Å². The number of carbonyl (C=O) groups excluding carboxylic acids is 1. The number of aliphatic carboxylic acids is 1.